The lowest BCUT2D eigenvalue weighted by Gasteiger charge is -2.05. The molecule has 2 heterocycles. The van der Waals surface area contributed by atoms with E-state index in [1.54, 1.807) is 38.5 Å². The van der Waals surface area contributed by atoms with Crippen molar-refractivity contribution in [2.75, 3.05) is 25.3 Å². The zero-order valence-electron chi connectivity index (χ0n) is 26.2. The summed E-state index contributed by atoms with van der Waals surface area (Å²) in [6.45, 7) is 3.95. The zero-order valence-corrected chi connectivity index (χ0v) is 28.6. The van der Waals surface area contributed by atoms with E-state index in [0.717, 1.165) is 45.1 Å². The van der Waals surface area contributed by atoms with E-state index in [2.05, 4.69) is 15.3 Å². The first kappa shape index (κ1) is 34.8. The Balaban J connectivity index is 0.000000177. The molecule has 2 aromatic heterocycles. The van der Waals surface area contributed by atoms with Crippen molar-refractivity contribution < 1.29 is 19.1 Å². The van der Waals surface area contributed by atoms with Gasteiger partial charge in [0.25, 0.3) is 11.1 Å². The monoisotopic (exact) mass is 684 g/mol. The van der Waals surface area contributed by atoms with Crippen LogP contribution in [0.3, 0.4) is 0 Å². The SMILES string of the molecule is COc1ccccc1-c1csc(N)n1.COc1ccccc1-c1csc(NC(=O)c2ccc(C)cc2)n1.Cc1ccc(C(=O)Cl)cc1. The topological polar surface area (TPSA) is 116 Å². The molecule has 47 heavy (non-hydrogen) atoms. The molecule has 6 aromatic rings. The highest BCUT2D eigenvalue weighted by atomic mass is 35.5. The van der Waals surface area contributed by atoms with Crippen LogP contribution in [0.2, 0.25) is 0 Å². The Morgan fingerprint density at radius 3 is 1.62 bits per heavy atom. The maximum atomic E-state index is 12.2. The second kappa shape index (κ2) is 17.0. The number of carbonyl (C=O) groups excluding carboxylic acids is 2. The number of methoxy groups -OCH3 is 2. The van der Waals surface area contributed by atoms with Gasteiger partial charge in [-0.2, -0.15) is 0 Å². The van der Waals surface area contributed by atoms with Crippen molar-refractivity contribution in [1.82, 2.24) is 9.97 Å². The zero-order chi connectivity index (χ0) is 33.8. The number of benzene rings is 4. The number of aromatic nitrogens is 2. The highest BCUT2D eigenvalue weighted by Crippen LogP contribution is 2.32. The summed E-state index contributed by atoms with van der Waals surface area (Å²) in [6, 6.07) is 30.0. The van der Waals surface area contributed by atoms with Crippen molar-refractivity contribution in [3.05, 3.63) is 130 Å². The van der Waals surface area contributed by atoms with Gasteiger partial charge in [0.05, 0.1) is 25.6 Å². The quantitative estimate of drug-likeness (QED) is 0.161. The third kappa shape index (κ3) is 9.98. The second-order valence-electron chi connectivity index (χ2n) is 9.97. The molecule has 8 nitrogen and oxygen atoms in total. The van der Waals surface area contributed by atoms with E-state index in [4.69, 9.17) is 26.8 Å². The summed E-state index contributed by atoms with van der Waals surface area (Å²) in [7, 11) is 3.28. The number of amides is 1. The number of aryl methyl sites for hydroxylation is 2. The Bertz CT molecular complexity index is 1920. The first-order valence-corrected chi connectivity index (χ1v) is 16.4. The highest BCUT2D eigenvalue weighted by molar-refractivity contribution is 7.14. The third-order valence-corrected chi connectivity index (χ3v) is 8.25. The minimum absolute atomic E-state index is 0.161. The molecule has 0 aliphatic heterocycles. The first-order valence-electron chi connectivity index (χ1n) is 14.3. The molecule has 0 bridgehead atoms. The van der Waals surface area contributed by atoms with Crippen molar-refractivity contribution in [1.29, 1.82) is 0 Å². The van der Waals surface area contributed by atoms with Gasteiger partial charge in [-0.05, 0) is 74.0 Å². The fourth-order valence-electron chi connectivity index (χ4n) is 4.14. The van der Waals surface area contributed by atoms with Crippen LogP contribution in [0.5, 0.6) is 11.5 Å². The number of rotatable bonds is 7. The van der Waals surface area contributed by atoms with Gasteiger partial charge in [0.1, 0.15) is 11.5 Å². The van der Waals surface area contributed by atoms with Crippen LogP contribution in [0, 0.1) is 13.8 Å². The predicted octanol–water partition coefficient (Wildman–Crippen LogP) is 9.15. The van der Waals surface area contributed by atoms with Gasteiger partial charge in [0.15, 0.2) is 10.3 Å². The highest BCUT2D eigenvalue weighted by Gasteiger charge is 2.12. The minimum atomic E-state index is -0.403. The molecule has 0 saturated heterocycles. The minimum Gasteiger partial charge on any atom is -0.496 e. The van der Waals surface area contributed by atoms with Crippen LogP contribution in [-0.4, -0.2) is 35.3 Å². The van der Waals surface area contributed by atoms with E-state index in [1.165, 1.54) is 22.7 Å². The van der Waals surface area contributed by atoms with Crippen molar-refractivity contribution >= 4 is 55.7 Å². The number of hydrogen-bond donors (Lipinski definition) is 2. The summed E-state index contributed by atoms with van der Waals surface area (Å²) in [5.41, 5.74) is 12.5. The molecular weight excluding hydrogens is 652 g/mol. The summed E-state index contributed by atoms with van der Waals surface area (Å²) in [6.07, 6.45) is 0. The van der Waals surface area contributed by atoms with Crippen molar-refractivity contribution in [3.8, 4) is 34.0 Å². The van der Waals surface area contributed by atoms with Gasteiger partial charge < -0.3 is 15.2 Å². The summed E-state index contributed by atoms with van der Waals surface area (Å²) >= 11 is 8.04. The molecule has 6 rings (SSSR count). The number of para-hydroxylation sites is 2. The number of nitrogens with zero attached hydrogens (tertiary/aromatic N) is 2. The maximum absolute atomic E-state index is 12.2. The van der Waals surface area contributed by atoms with Gasteiger partial charge in [-0.3, -0.25) is 14.9 Å². The number of ether oxygens (including phenoxy) is 2. The van der Waals surface area contributed by atoms with Gasteiger partial charge in [-0.1, -0.05) is 59.7 Å². The summed E-state index contributed by atoms with van der Waals surface area (Å²) in [5.74, 6) is 1.41. The number of nitrogens with two attached hydrogens (primary N) is 1. The molecule has 3 N–H and O–H groups in total. The van der Waals surface area contributed by atoms with E-state index in [-0.39, 0.29) is 5.91 Å². The Morgan fingerprint density at radius 2 is 1.15 bits per heavy atom. The number of hydrogen-bond acceptors (Lipinski definition) is 9. The van der Waals surface area contributed by atoms with Crippen molar-refractivity contribution in [2.24, 2.45) is 0 Å². The normalized spacial score (nSPS) is 10.1. The van der Waals surface area contributed by atoms with Crippen LogP contribution in [0.15, 0.2) is 108 Å². The molecule has 11 heteroatoms. The predicted molar refractivity (Wildman–Crippen MR) is 193 cm³/mol. The van der Waals surface area contributed by atoms with E-state index in [0.29, 0.717) is 21.4 Å². The van der Waals surface area contributed by atoms with Crippen LogP contribution < -0.4 is 20.5 Å². The molecule has 1 amide bonds. The lowest BCUT2D eigenvalue weighted by atomic mass is 10.1. The number of nitrogens with one attached hydrogen (secondary N) is 1. The molecular formula is C36H33ClN4O4S2. The van der Waals surface area contributed by atoms with E-state index in [1.807, 2.05) is 97.4 Å². The Kier molecular flexibility index (Phi) is 12.6. The molecule has 0 unspecified atom stereocenters. The van der Waals surface area contributed by atoms with Crippen LogP contribution >= 0.6 is 34.3 Å². The number of anilines is 2. The number of thiazole rings is 2. The van der Waals surface area contributed by atoms with Crippen LogP contribution in [0.1, 0.15) is 31.8 Å². The largest absolute Gasteiger partial charge is 0.496 e. The summed E-state index contributed by atoms with van der Waals surface area (Å²) in [4.78, 5) is 31.4. The van der Waals surface area contributed by atoms with Crippen LogP contribution in [0.25, 0.3) is 22.5 Å². The second-order valence-corrected chi connectivity index (χ2v) is 12.1. The number of nitrogen functional groups attached to an aromatic ring is 1. The van der Waals surface area contributed by atoms with Gasteiger partial charge in [0, 0.05) is 33.0 Å². The average molecular weight is 685 g/mol. The van der Waals surface area contributed by atoms with Crippen LogP contribution in [0.4, 0.5) is 10.3 Å². The summed E-state index contributed by atoms with van der Waals surface area (Å²) < 4.78 is 10.6. The molecule has 0 fully saturated rings. The third-order valence-electron chi connectivity index (χ3n) is 6.60. The Labute approximate surface area is 286 Å². The molecule has 0 aliphatic carbocycles. The van der Waals surface area contributed by atoms with E-state index in [9.17, 15) is 9.59 Å². The fraction of sp³-hybridized carbons (Fsp3) is 0.111. The Morgan fingerprint density at radius 1 is 0.681 bits per heavy atom. The van der Waals surface area contributed by atoms with Crippen LogP contribution in [-0.2, 0) is 0 Å². The molecule has 0 spiro atoms. The molecule has 0 aliphatic rings. The first-order chi connectivity index (χ1) is 22.7. The lowest BCUT2D eigenvalue weighted by Crippen LogP contribution is -2.11. The van der Waals surface area contributed by atoms with Gasteiger partial charge in [0.2, 0.25) is 0 Å². The van der Waals surface area contributed by atoms with Crippen molar-refractivity contribution in [3.63, 3.8) is 0 Å². The molecule has 0 saturated carbocycles. The Hall–Kier alpha value is -5.03. The standard InChI is InChI=1S/C18H16N2O2S.C10H10N2OS.C8H7ClO/c1-12-7-9-13(10-8-12)17(21)20-18-19-15(11-23-18)14-5-3-4-6-16(14)22-2;1-13-9-5-3-2-4-7(9)8-6-14-10(11)12-8;1-6-2-4-7(5-3-6)8(9)10/h3-11H,1-2H3,(H,19,20,21);2-6H,1H3,(H2,11,12);2-5H,1H3. The van der Waals surface area contributed by atoms with E-state index < -0.39 is 5.24 Å². The summed E-state index contributed by atoms with van der Waals surface area (Å²) in [5, 5.41) is 7.40. The smallest absolute Gasteiger partial charge is 0.257 e. The molecule has 0 atom stereocenters. The average Bonchev–Trinajstić information content (AvgIpc) is 3.74. The van der Waals surface area contributed by atoms with Crippen molar-refractivity contribution in [2.45, 2.75) is 13.8 Å². The number of halogens is 1. The van der Waals surface area contributed by atoms with Gasteiger partial charge in [-0.25, -0.2) is 9.97 Å². The van der Waals surface area contributed by atoms with E-state index >= 15 is 0 Å². The molecule has 240 valence electrons. The maximum Gasteiger partial charge on any atom is 0.257 e. The fourth-order valence-corrected chi connectivity index (χ4v) is 5.53. The van der Waals surface area contributed by atoms with Gasteiger partial charge in [-0.15, -0.1) is 22.7 Å². The van der Waals surface area contributed by atoms with Gasteiger partial charge >= 0.3 is 0 Å². The molecule has 4 aromatic carbocycles. The lowest BCUT2D eigenvalue weighted by molar-refractivity contribution is 0.102. The number of carbonyl (C=O) groups is 2. The molecule has 0 radical (unpaired) electrons.